The lowest BCUT2D eigenvalue weighted by atomic mass is 9.99. The summed E-state index contributed by atoms with van der Waals surface area (Å²) in [7, 11) is 0. The van der Waals surface area contributed by atoms with Gasteiger partial charge in [0.25, 0.3) is 5.56 Å². The largest absolute Gasteiger partial charge is 0.352 e. The number of aromatic nitrogens is 2. The summed E-state index contributed by atoms with van der Waals surface area (Å²) in [6.07, 6.45) is 5.69. The van der Waals surface area contributed by atoms with Crippen LogP contribution in [0.3, 0.4) is 0 Å². The summed E-state index contributed by atoms with van der Waals surface area (Å²) in [5, 5.41) is 0.177. The van der Waals surface area contributed by atoms with Crippen LogP contribution in [-0.4, -0.2) is 29.1 Å². The van der Waals surface area contributed by atoms with Gasteiger partial charge < -0.3 is 15.6 Å². The molecule has 0 spiro atoms. The van der Waals surface area contributed by atoms with E-state index in [0.29, 0.717) is 18.4 Å². The molecular weight excluding hydrogens is 240 g/mol. The maximum atomic E-state index is 11.5. The van der Waals surface area contributed by atoms with Gasteiger partial charge in [0.05, 0.1) is 6.33 Å². The zero-order chi connectivity index (χ0) is 12.3. The van der Waals surface area contributed by atoms with Crippen molar-refractivity contribution < 1.29 is 0 Å². The SMILES string of the molecule is NCCC1CCCCN1c1nc[nH]c(=O)c1Cl. The maximum Gasteiger partial charge on any atom is 0.271 e. The molecule has 5 nitrogen and oxygen atoms in total. The van der Waals surface area contributed by atoms with Crippen LogP contribution in [-0.2, 0) is 0 Å². The highest BCUT2D eigenvalue weighted by molar-refractivity contribution is 6.32. The number of nitrogens with zero attached hydrogens (tertiary/aromatic N) is 2. The molecule has 6 heteroatoms. The molecule has 1 aliphatic rings. The zero-order valence-electron chi connectivity index (χ0n) is 9.66. The van der Waals surface area contributed by atoms with Crippen molar-refractivity contribution in [1.82, 2.24) is 9.97 Å². The molecule has 1 saturated heterocycles. The topological polar surface area (TPSA) is 75.0 Å². The van der Waals surface area contributed by atoms with Crippen molar-refractivity contribution in [2.24, 2.45) is 5.73 Å². The molecule has 1 aliphatic heterocycles. The average Bonchev–Trinajstić information content (AvgIpc) is 2.34. The number of piperidine rings is 1. The Hall–Kier alpha value is -1.07. The molecule has 0 amide bonds. The summed E-state index contributed by atoms with van der Waals surface area (Å²) in [6, 6.07) is 0.348. The number of halogens is 1. The number of H-pyrrole nitrogens is 1. The summed E-state index contributed by atoms with van der Waals surface area (Å²) < 4.78 is 0. The highest BCUT2D eigenvalue weighted by Crippen LogP contribution is 2.27. The van der Waals surface area contributed by atoms with Gasteiger partial charge in [-0.25, -0.2) is 4.98 Å². The lowest BCUT2D eigenvalue weighted by molar-refractivity contribution is 0.438. The summed E-state index contributed by atoms with van der Waals surface area (Å²) in [4.78, 5) is 20.3. The van der Waals surface area contributed by atoms with Gasteiger partial charge in [0.15, 0.2) is 5.82 Å². The Labute approximate surface area is 105 Å². The number of aromatic amines is 1. The van der Waals surface area contributed by atoms with E-state index in [0.717, 1.165) is 25.8 Å². The summed E-state index contributed by atoms with van der Waals surface area (Å²) in [5.74, 6) is 0.591. The van der Waals surface area contributed by atoms with E-state index in [1.54, 1.807) is 0 Å². The minimum absolute atomic E-state index is 0.177. The van der Waals surface area contributed by atoms with Crippen molar-refractivity contribution in [2.45, 2.75) is 31.7 Å². The standard InChI is InChI=1S/C11H17ClN4O/c12-9-10(14-7-15-11(9)17)16-6-2-1-3-8(16)4-5-13/h7-8H,1-6,13H2,(H,14,15,17). The fourth-order valence-electron chi connectivity index (χ4n) is 2.35. The number of anilines is 1. The van der Waals surface area contributed by atoms with Crippen LogP contribution < -0.4 is 16.2 Å². The van der Waals surface area contributed by atoms with E-state index in [9.17, 15) is 4.79 Å². The third kappa shape index (κ3) is 2.61. The molecule has 3 N–H and O–H groups in total. The number of nitrogens with one attached hydrogen (secondary N) is 1. The second-order valence-corrected chi connectivity index (χ2v) is 4.67. The quantitative estimate of drug-likeness (QED) is 0.850. The normalized spacial score (nSPS) is 20.6. The van der Waals surface area contributed by atoms with Crippen molar-refractivity contribution in [3.05, 3.63) is 21.7 Å². The maximum absolute atomic E-state index is 11.5. The third-order valence-corrected chi connectivity index (χ3v) is 3.52. The first kappa shape index (κ1) is 12.4. The van der Waals surface area contributed by atoms with Crippen LogP contribution in [0.25, 0.3) is 0 Å². The van der Waals surface area contributed by atoms with Crippen LogP contribution in [0, 0.1) is 0 Å². The highest BCUT2D eigenvalue weighted by Gasteiger charge is 2.25. The van der Waals surface area contributed by atoms with E-state index in [1.807, 2.05) is 0 Å². The molecule has 1 fully saturated rings. The van der Waals surface area contributed by atoms with Gasteiger partial charge in [-0.1, -0.05) is 11.6 Å². The van der Waals surface area contributed by atoms with Crippen LogP contribution in [0.4, 0.5) is 5.82 Å². The van der Waals surface area contributed by atoms with E-state index in [-0.39, 0.29) is 10.6 Å². The Morgan fingerprint density at radius 2 is 2.41 bits per heavy atom. The summed E-state index contributed by atoms with van der Waals surface area (Å²) in [6.45, 7) is 1.53. The first-order valence-corrected chi connectivity index (χ1v) is 6.31. The van der Waals surface area contributed by atoms with Gasteiger partial charge in [-0.15, -0.1) is 0 Å². The number of hydrogen-bond donors (Lipinski definition) is 2. The lowest BCUT2D eigenvalue weighted by Gasteiger charge is -2.36. The van der Waals surface area contributed by atoms with Gasteiger partial charge in [-0.05, 0) is 32.2 Å². The third-order valence-electron chi connectivity index (χ3n) is 3.18. The van der Waals surface area contributed by atoms with Gasteiger partial charge in [-0.3, -0.25) is 4.79 Å². The first-order chi connectivity index (χ1) is 8.24. The minimum atomic E-state index is -0.284. The van der Waals surface area contributed by atoms with E-state index in [2.05, 4.69) is 14.9 Å². The van der Waals surface area contributed by atoms with Crippen LogP contribution in [0.5, 0.6) is 0 Å². The molecule has 17 heavy (non-hydrogen) atoms. The Morgan fingerprint density at radius 1 is 1.59 bits per heavy atom. The van der Waals surface area contributed by atoms with Crippen LogP contribution in [0.2, 0.25) is 5.02 Å². The summed E-state index contributed by atoms with van der Waals surface area (Å²) >= 11 is 6.01. The number of hydrogen-bond acceptors (Lipinski definition) is 4. The molecule has 0 saturated carbocycles. The fraction of sp³-hybridized carbons (Fsp3) is 0.636. The van der Waals surface area contributed by atoms with Crippen molar-refractivity contribution in [1.29, 1.82) is 0 Å². The zero-order valence-corrected chi connectivity index (χ0v) is 10.4. The van der Waals surface area contributed by atoms with Crippen molar-refractivity contribution in [3.8, 4) is 0 Å². The molecule has 0 aliphatic carbocycles. The summed E-state index contributed by atoms with van der Waals surface area (Å²) in [5.41, 5.74) is 5.34. The van der Waals surface area contributed by atoms with Crippen molar-refractivity contribution in [2.75, 3.05) is 18.0 Å². The van der Waals surface area contributed by atoms with Gasteiger partial charge in [-0.2, -0.15) is 0 Å². The Bertz CT molecular complexity index is 432. The molecule has 2 rings (SSSR count). The van der Waals surface area contributed by atoms with Crippen LogP contribution in [0.15, 0.2) is 11.1 Å². The van der Waals surface area contributed by atoms with E-state index in [4.69, 9.17) is 17.3 Å². The Balaban J connectivity index is 2.29. The smallest absolute Gasteiger partial charge is 0.271 e. The van der Waals surface area contributed by atoms with Gasteiger partial charge >= 0.3 is 0 Å². The predicted octanol–water partition coefficient (Wildman–Crippen LogP) is 1.13. The molecule has 0 radical (unpaired) electrons. The molecule has 1 aromatic rings. The minimum Gasteiger partial charge on any atom is -0.352 e. The Kier molecular flexibility index (Phi) is 4.02. The second-order valence-electron chi connectivity index (χ2n) is 4.29. The molecule has 1 aromatic heterocycles. The lowest BCUT2D eigenvalue weighted by Crippen LogP contribution is -2.42. The molecule has 0 bridgehead atoms. The molecule has 2 heterocycles. The monoisotopic (exact) mass is 256 g/mol. The van der Waals surface area contributed by atoms with Gasteiger partial charge in [0, 0.05) is 12.6 Å². The van der Waals surface area contributed by atoms with Crippen LogP contribution >= 0.6 is 11.6 Å². The number of nitrogens with two attached hydrogens (primary N) is 1. The molecular formula is C11H17ClN4O. The van der Waals surface area contributed by atoms with Crippen LogP contribution in [0.1, 0.15) is 25.7 Å². The van der Waals surface area contributed by atoms with Gasteiger partial charge in [0.2, 0.25) is 0 Å². The average molecular weight is 257 g/mol. The highest BCUT2D eigenvalue weighted by atomic mass is 35.5. The fourth-order valence-corrected chi connectivity index (χ4v) is 2.56. The van der Waals surface area contributed by atoms with Crippen molar-refractivity contribution in [3.63, 3.8) is 0 Å². The molecule has 0 aromatic carbocycles. The van der Waals surface area contributed by atoms with Gasteiger partial charge in [0.1, 0.15) is 5.02 Å². The predicted molar refractivity (Wildman–Crippen MR) is 68.5 cm³/mol. The number of rotatable bonds is 3. The second kappa shape index (κ2) is 5.51. The molecule has 94 valence electrons. The van der Waals surface area contributed by atoms with E-state index in [1.165, 1.54) is 12.7 Å². The van der Waals surface area contributed by atoms with Crippen molar-refractivity contribution >= 4 is 17.4 Å². The van der Waals surface area contributed by atoms with E-state index < -0.39 is 0 Å². The first-order valence-electron chi connectivity index (χ1n) is 5.94. The molecule has 1 unspecified atom stereocenters. The molecule has 1 atom stereocenters. The van der Waals surface area contributed by atoms with E-state index >= 15 is 0 Å². The Morgan fingerprint density at radius 3 is 3.18 bits per heavy atom.